The molecule has 69 valence electrons. The second-order valence-electron chi connectivity index (χ2n) is 4.03. The molecular formula is C13H17. The van der Waals surface area contributed by atoms with Crippen molar-refractivity contribution in [3.63, 3.8) is 0 Å². The Morgan fingerprint density at radius 1 is 1.08 bits per heavy atom. The first-order valence-corrected chi connectivity index (χ1v) is 5.43. The fraction of sp³-hybridized carbons (Fsp3) is 0.538. The minimum atomic E-state index is 0.819. The lowest BCUT2D eigenvalue weighted by molar-refractivity contribution is 0.592. The Morgan fingerprint density at radius 2 is 1.85 bits per heavy atom. The van der Waals surface area contributed by atoms with E-state index in [1.54, 1.807) is 0 Å². The average molecular weight is 173 g/mol. The van der Waals surface area contributed by atoms with Gasteiger partial charge in [0.2, 0.25) is 0 Å². The lowest BCUT2D eigenvalue weighted by atomic mass is 9.92. The molecule has 13 heavy (non-hydrogen) atoms. The van der Waals surface area contributed by atoms with Crippen molar-refractivity contribution in [3.8, 4) is 0 Å². The molecule has 0 N–H and O–H groups in total. The quantitative estimate of drug-likeness (QED) is 0.564. The van der Waals surface area contributed by atoms with E-state index in [2.05, 4.69) is 24.3 Å². The Balaban J connectivity index is 2.06. The van der Waals surface area contributed by atoms with Gasteiger partial charge in [-0.1, -0.05) is 49.9 Å². The normalized spacial score (nSPS) is 19.7. The predicted molar refractivity (Wildman–Crippen MR) is 55.7 cm³/mol. The lowest BCUT2D eigenvalue weighted by Crippen LogP contribution is -1.96. The van der Waals surface area contributed by atoms with Crippen LogP contribution in [0.5, 0.6) is 0 Å². The van der Waals surface area contributed by atoms with Gasteiger partial charge in [0.15, 0.2) is 0 Å². The van der Waals surface area contributed by atoms with Crippen LogP contribution in [0.15, 0.2) is 24.3 Å². The molecule has 0 nitrogen and oxygen atoms in total. The molecule has 0 unspecified atom stereocenters. The molecule has 1 aliphatic rings. The Morgan fingerprint density at radius 3 is 2.46 bits per heavy atom. The van der Waals surface area contributed by atoms with Crippen LogP contribution >= 0.6 is 0 Å². The van der Waals surface area contributed by atoms with E-state index in [-0.39, 0.29) is 0 Å². The maximum absolute atomic E-state index is 3.18. The van der Waals surface area contributed by atoms with Gasteiger partial charge >= 0.3 is 0 Å². The van der Waals surface area contributed by atoms with Gasteiger partial charge in [-0.15, -0.1) is 0 Å². The van der Waals surface area contributed by atoms with E-state index in [9.17, 15) is 0 Å². The van der Waals surface area contributed by atoms with Crippen molar-refractivity contribution in [1.29, 1.82) is 0 Å². The summed E-state index contributed by atoms with van der Waals surface area (Å²) in [5.41, 5.74) is 1.50. The maximum Gasteiger partial charge on any atom is -0.0162 e. The zero-order chi connectivity index (χ0) is 8.93. The number of rotatable bonds is 1. The predicted octanol–water partition coefficient (Wildman–Crippen LogP) is 3.92. The molecule has 0 aromatic heterocycles. The van der Waals surface area contributed by atoms with Crippen LogP contribution in [-0.4, -0.2) is 0 Å². The third-order valence-corrected chi connectivity index (χ3v) is 3.06. The monoisotopic (exact) mass is 173 g/mol. The van der Waals surface area contributed by atoms with Crippen molar-refractivity contribution in [2.45, 2.75) is 44.4 Å². The molecule has 1 radical (unpaired) electrons. The van der Waals surface area contributed by atoms with Gasteiger partial charge < -0.3 is 0 Å². The van der Waals surface area contributed by atoms with Crippen molar-refractivity contribution >= 4 is 0 Å². The molecule has 0 saturated heterocycles. The fourth-order valence-electron chi connectivity index (χ4n) is 2.27. The van der Waals surface area contributed by atoms with Crippen molar-refractivity contribution in [1.82, 2.24) is 0 Å². The third-order valence-electron chi connectivity index (χ3n) is 3.06. The van der Waals surface area contributed by atoms with Gasteiger partial charge in [0.25, 0.3) is 0 Å². The van der Waals surface area contributed by atoms with Gasteiger partial charge in [0.05, 0.1) is 0 Å². The van der Waals surface area contributed by atoms with Crippen LogP contribution in [0.4, 0.5) is 0 Å². The first-order chi connectivity index (χ1) is 6.47. The highest BCUT2D eigenvalue weighted by Crippen LogP contribution is 2.30. The summed E-state index contributed by atoms with van der Waals surface area (Å²) in [6.45, 7) is 0. The van der Waals surface area contributed by atoms with E-state index in [1.165, 1.54) is 44.1 Å². The van der Waals surface area contributed by atoms with E-state index in [1.807, 2.05) is 6.07 Å². The molecule has 0 atom stereocenters. The first kappa shape index (κ1) is 8.80. The van der Waals surface area contributed by atoms with Crippen LogP contribution in [0.2, 0.25) is 0 Å². The minimum Gasteiger partial charge on any atom is -0.0614 e. The molecule has 1 saturated carbocycles. The molecule has 0 amide bonds. The summed E-state index contributed by atoms with van der Waals surface area (Å²) in [5, 5.41) is 0. The molecule has 0 heteroatoms. The molecule has 1 aliphatic carbocycles. The van der Waals surface area contributed by atoms with Crippen molar-refractivity contribution in [2.24, 2.45) is 0 Å². The highest BCUT2D eigenvalue weighted by atomic mass is 14.2. The van der Waals surface area contributed by atoms with Crippen LogP contribution in [-0.2, 0) is 0 Å². The van der Waals surface area contributed by atoms with E-state index >= 15 is 0 Å². The van der Waals surface area contributed by atoms with E-state index in [0.717, 1.165) is 5.92 Å². The average Bonchev–Trinajstić information content (AvgIpc) is 2.47. The van der Waals surface area contributed by atoms with Crippen LogP contribution in [0.3, 0.4) is 0 Å². The Hall–Kier alpha value is -0.780. The molecular weight excluding hydrogens is 156 g/mol. The molecule has 2 rings (SSSR count). The minimum absolute atomic E-state index is 0.819. The Bertz CT molecular complexity index is 229. The SMILES string of the molecule is [c]1cccc(C2CCCCCC2)c1. The summed E-state index contributed by atoms with van der Waals surface area (Å²) in [6, 6.07) is 11.7. The highest BCUT2D eigenvalue weighted by molar-refractivity contribution is 5.18. The van der Waals surface area contributed by atoms with Crippen LogP contribution in [0.1, 0.15) is 50.0 Å². The fourth-order valence-corrected chi connectivity index (χ4v) is 2.27. The Labute approximate surface area is 81.0 Å². The smallest absolute Gasteiger partial charge is 0.0162 e. The summed E-state index contributed by atoms with van der Waals surface area (Å²) in [6.07, 6.45) is 8.48. The molecule has 0 heterocycles. The molecule has 0 spiro atoms. The van der Waals surface area contributed by atoms with Gasteiger partial charge in [-0.25, -0.2) is 0 Å². The van der Waals surface area contributed by atoms with E-state index < -0.39 is 0 Å². The molecule has 1 aromatic rings. The highest BCUT2D eigenvalue weighted by Gasteiger charge is 2.13. The summed E-state index contributed by atoms with van der Waals surface area (Å²) >= 11 is 0. The van der Waals surface area contributed by atoms with Crippen molar-refractivity contribution in [2.75, 3.05) is 0 Å². The second kappa shape index (κ2) is 4.45. The lowest BCUT2D eigenvalue weighted by Gasteiger charge is -2.13. The zero-order valence-electron chi connectivity index (χ0n) is 8.13. The largest absolute Gasteiger partial charge is 0.0614 e. The van der Waals surface area contributed by atoms with Gasteiger partial charge in [-0.2, -0.15) is 0 Å². The summed E-state index contributed by atoms with van der Waals surface area (Å²) in [5.74, 6) is 0.819. The van der Waals surface area contributed by atoms with Gasteiger partial charge in [-0.3, -0.25) is 0 Å². The molecule has 0 aliphatic heterocycles. The molecule has 1 fully saturated rings. The van der Waals surface area contributed by atoms with Crippen molar-refractivity contribution < 1.29 is 0 Å². The summed E-state index contributed by atoms with van der Waals surface area (Å²) in [4.78, 5) is 0. The maximum atomic E-state index is 3.18. The van der Waals surface area contributed by atoms with Gasteiger partial charge in [0.1, 0.15) is 0 Å². The van der Waals surface area contributed by atoms with Crippen LogP contribution in [0, 0.1) is 6.07 Å². The van der Waals surface area contributed by atoms with E-state index in [0.29, 0.717) is 0 Å². The second-order valence-corrected chi connectivity index (χ2v) is 4.03. The number of hydrogen-bond donors (Lipinski definition) is 0. The Kier molecular flexibility index (Phi) is 3.02. The number of hydrogen-bond acceptors (Lipinski definition) is 0. The first-order valence-electron chi connectivity index (χ1n) is 5.43. The van der Waals surface area contributed by atoms with Crippen LogP contribution < -0.4 is 0 Å². The molecule has 0 bridgehead atoms. The third kappa shape index (κ3) is 2.33. The van der Waals surface area contributed by atoms with Gasteiger partial charge in [-0.05, 0) is 30.4 Å². The topological polar surface area (TPSA) is 0 Å². The number of benzene rings is 1. The standard InChI is InChI=1S/C13H17/c1-2-5-9-12(8-4-1)13-10-6-3-7-11-13/h3,6,10-12H,1-2,4-5,8-9H2. The van der Waals surface area contributed by atoms with Gasteiger partial charge in [0, 0.05) is 0 Å². The van der Waals surface area contributed by atoms with Crippen LogP contribution in [0.25, 0.3) is 0 Å². The zero-order valence-corrected chi connectivity index (χ0v) is 8.13. The van der Waals surface area contributed by atoms with E-state index in [4.69, 9.17) is 0 Å². The van der Waals surface area contributed by atoms with Crippen molar-refractivity contribution in [3.05, 3.63) is 35.9 Å². The molecule has 1 aromatic carbocycles. The summed E-state index contributed by atoms with van der Waals surface area (Å²) < 4.78 is 0. The summed E-state index contributed by atoms with van der Waals surface area (Å²) in [7, 11) is 0.